The summed E-state index contributed by atoms with van der Waals surface area (Å²) in [7, 11) is 0. The van der Waals surface area contributed by atoms with Gasteiger partial charge in [-0.3, -0.25) is 14.9 Å². The maximum absolute atomic E-state index is 11.9. The Morgan fingerprint density at radius 2 is 1.90 bits per heavy atom. The molecule has 3 aromatic rings. The van der Waals surface area contributed by atoms with Gasteiger partial charge in [-0.25, -0.2) is 5.48 Å². The fraction of sp³-hybridized carbons (Fsp3) is 0.269. The van der Waals surface area contributed by atoms with Crippen molar-refractivity contribution in [3.8, 4) is 16.9 Å². The van der Waals surface area contributed by atoms with Crippen LogP contribution in [0.15, 0.2) is 72.8 Å². The van der Waals surface area contributed by atoms with Gasteiger partial charge in [-0.05, 0) is 66.3 Å². The minimum absolute atomic E-state index is 0.280. The molecule has 5 heteroatoms. The van der Waals surface area contributed by atoms with Crippen molar-refractivity contribution in [1.29, 1.82) is 0 Å². The lowest BCUT2D eigenvalue weighted by Gasteiger charge is -2.22. The van der Waals surface area contributed by atoms with Crippen molar-refractivity contribution in [3.05, 3.63) is 89.5 Å². The highest BCUT2D eigenvalue weighted by Gasteiger charge is 2.30. The van der Waals surface area contributed by atoms with Crippen molar-refractivity contribution in [1.82, 2.24) is 10.4 Å². The van der Waals surface area contributed by atoms with Crippen LogP contribution >= 0.6 is 0 Å². The molecule has 0 bridgehead atoms. The number of hydrogen-bond donors (Lipinski definition) is 2. The van der Waals surface area contributed by atoms with Gasteiger partial charge in [0.15, 0.2) is 0 Å². The molecule has 1 amide bonds. The van der Waals surface area contributed by atoms with Gasteiger partial charge in [0.2, 0.25) is 0 Å². The van der Waals surface area contributed by atoms with Gasteiger partial charge in [0, 0.05) is 6.54 Å². The summed E-state index contributed by atoms with van der Waals surface area (Å²) in [6, 6.07) is 24.4. The lowest BCUT2D eigenvalue weighted by Crippen LogP contribution is -2.41. The molecule has 1 unspecified atom stereocenters. The molecule has 4 rings (SSSR count). The van der Waals surface area contributed by atoms with Gasteiger partial charge in [-0.1, -0.05) is 60.7 Å². The molecule has 1 heterocycles. The molecule has 1 atom stereocenters. The average molecular weight is 417 g/mol. The number of carbonyl (C=O) groups is 1. The van der Waals surface area contributed by atoms with Gasteiger partial charge in [-0.2, -0.15) is 0 Å². The second kappa shape index (κ2) is 9.77. The van der Waals surface area contributed by atoms with E-state index in [1.165, 1.54) is 16.7 Å². The van der Waals surface area contributed by atoms with Crippen LogP contribution in [0.25, 0.3) is 11.1 Å². The summed E-state index contributed by atoms with van der Waals surface area (Å²) in [5.41, 5.74) is 7.68. The molecule has 0 aromatic heterocycles. The Bertz CT molecular complexity index is 1040. The standard InChI is InChI=1S/C26H28N2O3/c1-19-22(11-6-13-24(19)21-9-3-2-4-10-21)18-31-23-12-5-8-20(16-23)17-28-15-7-14-25(28)26(29)27-30/h2-6,8-13,16,25,30H,7,14-15,17-18H2,1H3,(H,27,29). The van der Waals surface area contributed by atoms with E-state index in [4.69, 9.17) is 9.94 Å². The maximum atomic E-state index is 11.9. The van der Waals surface area contributed by atoms with Gasteiger partial charge < -0.3 is 4.74 Å². The highest BCUT2D eigenvalue weighted by Crippen LogP contribution is 2.27. The molecule has 3 aromatic carbocycles. The number of ether oxygens (including phenoxy) is 1. The highest BCUT2D eigenvalue weighted by molar-refractivity contribution is 5.80. The van der Waals surface area contributed by atoms with Crippen LogP contribution in [0.1, 0.15) is 29.5 Å². The van der Waals surface area contributed by atoms with E-state index in [9.17, 15) is 4.79 Å². The number of hydroxylamine groups is 1. The Morgan fingerprint density at radius 3 is 2.71 bits per heavy atom. The molecular formula is C26H28N2O3. The molecule has 2 N–H and O–H groups in total. The second-order valence-corrected chi connectivity index (χ2v) is 8.00. The predicted octanol–water partition coefficient (Wildman–Crippen LogP) is 4.71. The average Bonchev–Trinajstić information content (AvgIpc) is 3.27. The van der Waals surface area contributed by atoms with Crippen molar-refractivity contribution in [2.45, 2.75) is 39.0 Å². The van der Waals surface area contributed by atoms with Crippen LogP contribution < -0.4 is 10.2 Å². The van der Waals surface area contributed by atoms with Crippen molar-refractivity contribution in [2.75, 3.05) is 6.54 Å². The first-order valence-corrected chi connectivity index (χ1v) is 10.7. The summed E-state index contributed by atoms with van der Waals surface area (Å²) >= 11 is 0. The molecule has 1 saturated heterocycles. The van der Waals surface area contributed by atoms with Crippen LogP contribution in [-0.2, 0) is 17.9 Å². The van der Waals surface area contributed by atoms with E-state index < -0.39 is 0 Å². The van der Waals surface area contributed by atoms with E-state index in [-0.39, 0.29) is 11.9 Å². The Labute approximate surface area is 183 Å². The van der Waals surface area contributed by atoms with Gasteiger partial charge in [0.1, 0.15) is 12.4 Å². The number of carbonyl (C=O) groups excluding carboxylic acids is 1. The van der Waals surface area contributed by atoms with Gasteiger partial charge in [-0.15, -0.1) is 0 Å². The highest BCUT2D eigenvalue weighted by atomic mass is 16.5. The number of rotatable bonds is 7. The summed E-state index contributed by atoms with van der Waals surface area (Å²) in [5, 5.41) is 8.97. The third-order valence-corrected chi connectivity index (χ3v) is 5.99. The predicted molar refractivity (Wildman–Crippen MR) is 121 cm³/mol. The Morgan fingerprint density at radius 1 is 1.10 bits per heavy atom. The largest absolute Gasteiger partial charge is 0.489 e. The Hall–Kier alpha value is -3.15. The van der Waals surface area contributed by atoms with Gasteiger partial charge in [0.05, 0.1) is 6.04 Å². The zero-order valence-electron chi connectivity index (χ0n) is 17.8. The van der Waals surface area contributed by atoms with Crippen LogP contribution in [0.3, 0.4) is 0 Å². The molecule has 0 radical (unpaired) electrons. The second-order valence-electron chi connectivity index (χ2n) is 8.00. The van der Waals surface area contributed by atoms with E-state index in [2.05, 4.69) is 54.3 Å². The SMILES string of the molecule is Cc1c(COc2cccc(CN3CCCC3C(=O)NO)c2)cccc1-c1ccccc1. The van der Waals surface area contributed by atoms with E-state index in [1.54, 1.807) is 5.48 Å². The molecule has 1 aliphatic heterocycles. The van der Waals surface area contributed by atoms with Crippen molar-refractivity contribution in [3.63, 3.8) is 0 Å². The normalized spacial score (nSPS) is 16.3. The summed E-state index contributed by atoms with van der Waals surface area (Å²) in [5.74, 6) is 0.475. The molecule has 0 aliphatic carbocycles. The zero-order chi connectivity index (χ0) is 21.6. The number of benzene rings is 3. The summed E-state index contributed by atoms with van der Waals surface area (Å²) in [6.07, 6.45) is 1.71. The summed E-state index contributed by atoms with van der Waals surface area (Å²) in [6.45, 7) is 4.12. The molecule has 1 fully saturated rings. The monoisotopic (exact) mass is 416 g/mol. The smallest absolute Gasteiger partial charge is 0.260 e. The molecule has 160 valence electrons. The van der Waals surface area contributed by atoms with Crippen LogP contribution in [-0.4, -0.2) is 28.6 Å². The van der Waals surface area contributed by atoms with E-state index in [0.717, 1.165) is 36.3 Å². The molecule has 0 saturated carbocycles. The van der Waals surface area contributed by atoms with E-state index in [1.807, 2.05) is 30.3 Å². The first kappa shape index (κ1) is 21.1. The number of amides is 1. The number of likely N-dealkylation sites (tertiary alicyclic amines) is 1. The molecule has 5 nitrogen and oxygen atoms in total. The van der Waals surface area contributed by atoms with Crippen molar-refractivity contribution in [2.24, 2.45) is 0 Å². The van der Waals surface area contributed by atoms with Crippen LogP contribution in [0.4, 0.5) is 0 Å². The summed E-state index contributed by atoms with van der Waals surface area (Å²) in [4.78, 5) is 14.0. The minimum atomic E-state index is -0.335. The Kier molecular flexibility index (Phi) is 6.65. The fourth-order valence-corrected chi connectivity index (χ4v) is 4.29. The van der Waals surface area contributed by atoms with Crippen LogP contribution in [0.5, 0.6) is 5.75 Å². The Balaban J connectivity index is 1.44. The molecular weight excluding hydrogens is 388 g/mol. The third kappa shape index (κ3) is 4.95. The van der Waals surface area contributed by atoms with Crippen LogP contribution in [0.2, 0.25) is 0 Å². The first-order valence-electron chi connectivity index (χ1n) is 10.7. The first-order chi connectivity index (χ1) is 15.2. The topological polar surface area (TPSA) is 61.8 Å². The lowest BCUT2D eigenvalue weighted by molar-refractivity contribution is -0.134. The third-order valence-electron chi connectivity index (χ3n) is 5.99. The zero-order valence-corrected chi connectivity index (χ0v) is 17.8. The van der Waals surface area contributed by atoms with Crippen molar-refractivity contribution < 1.29 is 14.7 Å². The molecule has 31 heavy (non-hydrogen) atoms. The summed E-state index contributed by atoms with van der Waals surface area (Å²) < 4.78 is 6.13. The quantitative estimate of drug-likeness (QED) is 0.433. The lowest BCUT2D eigenvalue weighted by atomic mass is 9.97. The van der Waals surface area contributed by atoms with E-state index >= 15 is 0 Å². The van der Waals surface area contributed by atoms with Gasteiger partial charge in [0.25, 0.3) is 5.91 Å². The maximum Gasteiger partial charge on any atom is 0.260 e. The minimum Gasteiger partial charge on any atom is -0.489 e. The van der Waals surface area contributed by atoms with Gasteiger partial charge >= 0.3 is 0 Å². The number of hydrogen-bond acceptors (Lipinski definition) is 4. The molecule has 1 aliphatic rings. The number of nitrogens with zero attached hydrogens (tertiary/aromatic N) is 1. The fourth-order valence-electron chi connectivity index (χ4n) is 4.29. The van der Waals surface area contributed by atoms with E-state index in [0.29, 0.717) is 13.2 Å². The van der Waals surface area contributed by atoms with Crippen molar-refractivity contribution >= 4 is 5.91 Å². The molecule has 0 spiro atoms. The van der Waals surface area contributed by atoms with Crippen LogP contribution in [0, 0.1) is 6.92 Å². The number of nitrogens with one attached hydrogen (secondary N) is 1.